The van der Waals surface area contributed by atoms with E-state index < -0.39 is 0 Å². The number of nitrogens with two attached hydrogens (primary N) is 1. The Balaban J connectivity index is 1.87. The first-order chi connectivity index (χ1) is 7.79. The summed E-state index contributed by atoms with van der Waals surface area (Å²) in [5, 5.41) is 0. The fourth-order valence-electron chi connectivity index (χ4n) is 2.24. The van der Waals surface area contributed by atoms with Gasteiger partial charge >= 0.3 is 0 Å². The zero-order valence-corrected chi connectivity index (χ0v) is 10.1. The SMILES string of the molecule is CC1CC1CN(CCN)Cc1ccccc1. The summed E-state index contributed by atoms with van der Waals surface area (Å²) in [5.41, 5.74) is 7.07. The average molecular weight is 218 g/mol. The standard InChI is InChI=1S/C14H22N2/c1-12-9-14(12)11-16(8-7-15)10-13-5-3-2-4-6-13/h2-6,12,14H,7-11,15H2,1H3. The van der Waals surface area contributed by atoms with Gasteiger partial charge in [0.2, 0.25) is 0 Å². The highest BCUT2D eigenvalue weighted by Gasteiger charge is 2.33. The molecular formula is C14H22N2. The Morgan fingerprint density at radius 2 is 2.00 bits per heavy atom. The van der Waals surface area contributed by atoms with E-state index in [1.165, 1.54) is 18.5 Å². The van der Waals surface area contributed by atoms with Gasteiger partial charge in [0.15, 0.2) is 0 Å². The van der Waals surface area contributed by atoms with Gasteiger partial charge in [0.05, 0.1) is 0 Å². The van der Waals surface area contributed by atoms with Crippen molar-refractivity contribution in [2.24, 2.45) is 17.6 Å². The first-order valence-electron chi connectivity index (χ1n) is 6.26. The van der Waals surface area contributed by atoms with Crippen LogP contribution in [-0.4, -0.2) is 24.5 Å². The van der Waals surface area contributed by atoms with Crippen molar-refractivity contribution in [1.82, 2.24) is 4.90 Å². The second-order valence-corrected chi connectivity index (χ2v) is 4.98. The quantitative estimate of drug-likeness (QED) is 0.792. The molecule has 1 saturated carbocycles. The van der Waals surface area contributed by atoms with Crippen molar-refractivity contribution < 1.29 is 0 Å². The fraction of sp³-hybridized carbons (Fsp3) is 0.571. The van der Waals surface area contributed by atoms with Crippen LogP contribution in [0.4, 0.5) is 0 Å². The summed E-state index contributed by atoms with van der Waals surface area (Å²) in [7, 11) is 0. The lowest BCUT2D eigenvalue weighted by Gasteiger charge is -2.21. The topological polar surface area (TPSA) is 29.3 Å². The predicted molar refractivity (Wildman–Crippen MR) is 68.0 cm³/mol. The summed E-state index contributed by atoms with van der Waals surface area (Å²) < 4.78 is 0. The van der Waals surface area contributed by atoms with Gasteiger partial charge in [-0.3, -0.25) is 4.90 Å². The van der Waals surface area contributed by atoms with E-state index in [-0.39, 0.29) is 0 Å². The largest absolute Gasteiger partial charge is 0.329 e. The molecule has 2 rings (SSSR count). The van der Waals surface area contributed by atoms with Gasteiger partial charge in [-0.25, -0.2) is 0 Å². The van der Waals surface area contributed by atoms with Gasteiger partial charge in [-0.05, 0) is 23.8 Å². The van der Waals surface area contributed by atoms with Gasteiger partial charge in [0.25, 0.3) is 0 Å². The van der Waals surface area contributed by atoms with Crippen LogP contribution in [0.25, 0.3) is 0 Å². The van der Waals surface area contributed by atoms with Gasteiger partial charge in [-0.15, -0.1) is 0 Å². The van der Waals surface area contributed by atoms with Gasteiger partial charge in [0.1, 0.15) is 0 Å². The molecule has 1 aromatic carbocycles. The molecule has 0 radical (unpaired) electrons. The Morgan fingerprint density at radius 3 is 2.56 bits per heavy atom. The molecule has 0 heterocycles. The molecule has 1 aliphatic rings. The molecule has 0 aromatic heterocycles. The van der Waals surface area contributed by atoms with Gasteiger partial charge in [0, 0.05) is 26.2 Å². The highest BCUT2D eigenvalue weighted by Crippen LogP contribution is 2.38. The lowest BCUT2D eigenvalue weighted by Crippen LogP contribution is -2.31. The second kappa shape index (κ2) is 5.46. The molecule has 0 saturated heterocycles. The van der Waals surface area contributed by atoms with E-state index in [2.05, 4.69) is 42.2 Å². The molecule has 0 aliphatic heterocycles. The Hall–Kier alpha value is -0.860. The van der Waals surface area contributed by atoms with Crippen LogP contribution in [0.15, 0.2) is 30.3 Å². The van der Waals surface area contributed by atoms with E-state index >= 15 is 0 Å². The molecule has 0 bridgehead atoms. The molecule has 0 amide bonds. The molecule has 1 aliphatic carbocycles. The van der Waals surface area contributed by atoms with Crippen LogP contribution in [-0.2, 0) is 6.54 Å². The molecule has 2 nitrogen and oxygen atoms in total. The van der Waals surface area contributed by atoms with Crippen LogP contribution in [0.5, 0.6) is 0 Å². The van der Waals surface area contributed by atoms with Crippen LogP contribution < -0.4 is 5.73 Å². The van der Waals surface area contributed by atoms with Crippen molar-refractivity contribution in [2.45, 2.75) is 19.9 Å². The van der Waals surface area contributed by atoms with Gasteiger partial charge in [-0.2, -0.15) is 0 Å². The molecule has 16 heavy (non-hydrogen) atoms. The third kappa shape index (κ3) is 3.32. The minimum absolute atomic E-state index is 0.758. The molecule has 2 unspecified atom stereocenters. The minimum atomic E-state index is 0.758. The minimum Gasteiger partial charge on any atom is -0.329 e. The van der Waals surface area contributed by atoms with Crippen molar-refractivity contribution in [1.29, 1.82) is 0 Å². The first-order valence-corrected chi connectivity index (χ1v) is 6.26. The van der Waals surface area contributed by atoms with E-state index in [1.807, 2.05) is 0 Å². The van der Waals surface area contributed by atoms with Gasteiger partial charge in [-0.1, -0.05) is 37.3 Å². The lowest BCUT2D eigenvalue weighted by atomic mass is 10.2. The van der Waals surface area contributed by atoms with Crippen LogP contribution in [0.3, 0.4) is 0 Å². The average Bonchev–Trinajstić information content (AvgIpc) is 2.96. The van der Waals surface area contributed by atoms with Crippen molar-refractivity contribution >= 4 is 0 Å². The Bertz CT molecular complexity index is 310. The highest BCUT2D eigenvalue weighted by atomic mass is 15.1. The number of rotatable bonds is 6. The van der Waals surface area contributed by atoms with Crippen molar-refractivity contribution in [3.05, 3.63) is 35.9 Å². The summed E-state index contributed by atoms with van der Waals surface area (Å²) >= 11 is 0. The van der Waals surface area contributed by atoms with Crippen LogP contribution >= 0.6 is 0 Å². The van der Waals surface area contributed by atoms with Crippen LogP contribution in [0.2, 0.25) is 0 Å². The second-order valence-electron chi connectivity index (χ2n) is 4.98. The number of hydrogen-bond donors (Lipinski definition) is 1. The maximum Gasteiger partial charge on any atom is 0.0234 e. The molecule has 1 aromatic rings. The van der Waals surface area contributed by atoms with E-state index in [4.69, 9.17) is 5.73 Å². The maximum atomic E-state index is 5.67. The number of hydrogen-bond acceptors (Lipinski definition) is 2. The molecule has 2 N–H and O–H groups in total. The predicted octanol–water partition coefficient (Wildman–Crippen LogP) is 2.10. The summed E-state index contributed by atoms with van der Waals surface area (Å²) in [4.78, 5) is 2.49. The summed E-state index contributed by atoms with van der Waals surface area (Å²) in [5.74, 6) is 1.84. The Labute approximate surface area is 98.4 Å². The van der Waals surface area contributed by atoms with E-state index in [9.17, 15) is 0 Å². The zero-order valence-electron chi connectivity index (χ0n) is 10.1. The Kier molecular flexibility index (Phi) is 3.97. The summed E-state index contributed by atoms with van der Waals surface area (Å²) in [6.07, 6.45) is 1.40. The zero-order chi connectivity index (χ0) is 11.4. The normalized spacial score (nSPS) is 23.7. The van der Waals surface area contributed by atoms with E-state index in [0.717, 1.165) is 31.5 Å². The summed E-state index contributed by atoms with van der Waals surface area (Å²) in [6, 6.07) is 10.7. The fourth-order valence-corrected chi connectivity index (χ4v) is 2.24. The molecule has 2 atom stereocenters. The van der Waals surface area contributed by atoms with E-state index in [0.29, 0.717) is 0 Å². The van der Waals surface area contributed by atoms with Crippen LogP contribution in [0, 0.1) is 11.8 Å². The third-order valence-corrected chi connectivity index (χ3v) is 3.46. The van der Waals surface area contributed by atoms with E-state index in [1.54, 1.807) is 0 Å². The smallest absolute Gasteiger partial charge is 0.0234 e. The number of benzene rings is 1. The van der Waals surface area contributed by atoms with Crippen molar-refractivity contribution in [3.63, 3.8) is 0 Å². The summed E-state index contributed by atoms with van der Waals surface area (Å²) in [6.45, 7) is 6.37. The highest BCUT2D eigenvalue weighted by molar-refractivity contribution is 5.14. The van der Waals surface area contributed by atoms with Gasteiger partial charge < -0.3 is 5.73 Å². The molecule has 1 fully saturated rings. The lowest BCUT2D eigenvalue weighted by molar-refractivity contribution is 0.257. The van der Waals surface area contributed by atoms with Crippen molar-refractivity contribution in [3.8, 4) is 0 Å². The monoisotopic (exact) mass is 218 g/mol. The maximum absolute atomic E-state index is 5.67. The molecule has 2 heteroatoms. The van der Waals surface area contributed by atoms with Crippen molar-refractivity contribution in [2.75, 3.05) is 19.6 Å². The molecular weight excluding hydrogens is 196 g/mol. The molecule has 0 spiro atoms. The third-order valence-electron chi connectivity index (χ3n) is 3.46. The number of nitrogens with zero attached hydrogens (tertiary/aromatic N) is 1. The molecule has 88 valence electrons. The Morgan fingerprint density at radius 1 is 1.31 bits per heavy atom. The van der Waals surface area contributed by atoms with Crippen LogP contribution in [0.1, 0.15) is 18.9 Å². The first kappa shape index (κ1) is 11.6.